The maximum absolute atomic E-state index is 12.7. The fourth-order valence-corrected chi connectivity index (χ4v) is 3.87. The first-order valence-electron chi connectivity index (χ1n) is 8.93. The molecule has 0 atom stereocenters. The van der Waals surface area contributed by atoms with Crippen LogP contribution in [0, 0.1) is 0 Å². The number of amides is 2. The molecule has 2 aromatic rings. The standard InChI is InChI=1S/C20H21N3O4S/c1-27-20(26)14-10-15(12-21-11-14)22-19(25)16-6-2-3-7-17(16)28-13-18(24)23-8-4-5-9-23/h2-3,6-7,10-12H,4-5,8-9,13H2,1H3,(H,22,25). The van der Waals surface area contributed by atoms with E-state index in [2.05, 4.69) is 15.0 Å². The molecular formula is C20H21N3O4S. The molecule has 3 rings (SSSR count). The Labute approximate surface area is 167 Å². The van der Waals surface area contributed by atoms with Crippen LogP contribution in [0.2, 0.25) is 0 Å². The van der Waals surface area contributed by atoms with E-state index < -0.39 is 5.97 Å². The summed E-state index contributed by atoms with van der Waals surface area (Å²) in [7, 11) is 1.28. The first-order valence-corrected chi connectivity index (χ1v) is 9.91. The van der Waals surface area contributed by atoms with E-state index >= 15 is 0 Å². The van der Waals surface area contributed by atoms with E-state index in [-0.39, 0.29) is 17.4 Å². The Kier molecular flexibility index (Phi) is 6.65. The van der Waals surface area contributed by atoms with Gasteiger partial charge in [0.15, 0.2) is 0 Å². The summed E-state index contributed by atoms with van der Waals surface area (Å²) in [5.74, 6) is -0.475. The summed E-state index contributed by atoms with van der Waals surface area (Å²) in [5, 5.41) is 2.74. The van der Waals surface area contributed by atoms with Crippen LogP contribution in [0.4, 0.5) is 5.69 Å². The number of nitrogens with zero attached hydrogens (tertiary/aromatic N) is 2. The molecule has 1 aliphatic rings. The molecule has 28 heavy (non-hydrogen) atoms. The number of likely N-dealkylation sites (tertiary alicyclic amines) is 1. The van der Waals surface area contributed by atoms with Gasteiger partial charge in [-0.25, -0.2) is 4.79 Å². The van der Waals surface area contributed by atoms with E-state index in [0.717, 1.165) is 30.8 Å². The number of pyridine rings is 1. The Morgan fingerprint density at radius 3 is 2.68 bits per heavy atom. The molecule has 1 fully saturated rings. The second-order valence-corrected chi connectivity index (χ2v) is 7.30. The molecule has 2 heterocycles. The van der Waals surface area contributed by atoms with Gasteiger partial charge in [0.25, 0.3) is 5.91 Å². The molecule has 0 saturated carbocycles. The molecule has 1 aromatic heterocycles. The summed E-state index contributed by atoms with van der Waals surface area (Å²) in [6, 6.07) is 8.63. The maximum Gasteiger partial charge on any atom is 0.339 e. The number of hydrogen-bond acceptors (Lipinski definition) is 6. The van der Waals surface area contributed by atoms with E-state index in [9.17, 15) is 14.4 Å². The van der Waals surface area contributed by atoms with Gasteiger partial charge in [-0.05, 0) is 31.0 Å². The molecule has 146 valence electrons. The molecule has 1 aliphatic heterocycles. The van der Waals surface area contributed by atoms with Gasteiger partial charge >= 0.3 is 5.97 Å². The van der Waals surface area contributed by atoms with Gasteiger partial charge in [-0.2, -0.15) is 0 Å². The zero-order chi connectivity index (χ0) is 19.9. The number of anilines is 1. The van der Waals surface area contributed by atoms with Gasteiger partial charge in [0, 0.05) is 24.2 Å². The van der Waals surface area contributed by atoms with Crippen molar-refractivity contribution in [2.24, 2.45) is 0 Å². The van der Waals surface area contributed by atoms with Crippen molar-refractivity contribution < 1.29 is 19.1 Å². The molecular weight excluding hydrogens is 378 g/mol. The minimum atomic E-state index is -0.528. The first-order chi connectivity index (χ1) is 13.6. The number of benzene rings is 1. The Hall–Kier alpha value is -2.87. The van der Waals surface area contributed by atoms with E-state index in [1.54, 1.807) is 12.1 Å². The predicted octanol–water partition coefficient (Wildman–Crippen LogP) is 2.84. The molecule has 7 nitrogen and oxygen atoms in total. The number of aromatic nitrogens is 1. The summed E-state index contributed by atoms with van der Waals surface area (Å²) >= 11 is 1.35. The highest BCUT2D eigenvalue weighted by Gasteiger charge is 2.19. The van der Waals surface area contributed by atoms with Crippen LogP contribution in [0.15, 0.2) is 47.6 Å². The number of carbonyl (C=O) groups is 3. The van der Waals surface area contributed by atoms with Crippen LogP contribution in [0.5, 0.6) is 0 Å². The lowest BCUT2D eigenvalue weighted by Gasteiger charge is -2.15. The number of nitrogens with one attached hydrogen (secondary N) is 1. The zero-order valence-electron chi connectivity index (χ0n) is 15.5. The van der Waals surface area contributed by atoms with Gasteiger partial charge < -0.3 is 15.0 Å². The number of methoxy groups -OCH3 is 1. The highest BCUT2D eigenvalue weighted by Crippen LogP contribution is 2.24. The molecule has 0 bridgehead atoms. The molecule has 1 N–H and O–H groups in total. The molecule has 2 amide bonds. The van der Waals surface area contributed by atoms with Crippen molar-refractivity contribution >= 4 is 35.2 Å². The lowest BCUT2D eigenvalue weighted by atomic mass is 10.2. The van der Waals surface area contributed by atoms with Crippen LogP contribution in [0.3, 0.4) is 0 Å². The number of carbonyl (C=O) groups excluding carboxylic acids is 3. The number of esters is 1. The molecule has 1 saturated heterocycles. The monoisotopic (exact) mass is 399 g/mol. The molecule has 0 spiro atoms. The van der Waals surface area contributed by atoms with Gasteiger partial charge in [0.2, 0.25) is 5.91 Å². The van der Waals surface area contributed by atoms with Crippen LogP contribution in [0.1, 0.15) is 33.6 Å². The SMILES string of the molecule is COC(=O)c1cncc(NC(=O)c2ccccc2SCC(=O)N2CCCC2)c1. The van der Waals surface area contributed by atoms with E-state index in [4.69, 9.17) is 0 Å². The summed E-state index contributed by atoms with van der Waals surface area (Å²) in [6.45, 7) is 1.62. The van der Waals surface area contributed by atoms with Crippen LogP contribution in [0.25, 0.3) is 0 Å². The van der Waals surface area contributed by atoms with Gasteiger partial charge in [-0.3, -0.25) is 14.6 Å². The second kappa shape index (κ2) is 9.36. The van der Waals surface area contributed by atoms with Crippen molar-refractivity contribution in [3.63, 3.8) is 0 Å². The number of thioether (sulfide) groups is 1. The smallest absolute Gasteiger partial charge is 0.339 e. The van der Waals surface area contributed by atoms with E-state index in [1.165, 1.54) is 37.3 Å². The highest BCUT2D eigenvalue weighted by molar-refractivity contribution is 8.00. The fraction of sp³-hybridized carbons (Fsp3) is 0.300. The molecule has 8 heteroatoms. The minimum Gasteiger partial charge on any atom is -0.465 e. The summed E-state index contributed by atoms with van der Waals surface area (Å²) in [5.41, 5.74) is 1.10. The number of ether oxygens (including phenoxy) is 1. The van der Waals surface area contributed by atoms with Gasteiger partial charge in [0.1, 0.15) is 0 Å². The third-order valence-electron chi connectivity index (χ3n) is 4.36. The number of rotatable bonds is 6. The third-order valence-corrected chi connectivity index (χ3v) is 5.42. The van der Waals surface area contributed by atoms with Crippen molar-refractivity contribution in [3.8, 4) is 0 Å². The van der Waals surface area contributed by atoms with Crippen LogP contribution < -0.4 is 5.32 Å². The van der Waals surface area contributed by atoms with Gasteiger partial charge in [-0.15, -0.1) is 11.8 Å². The second-order valence-electron chi connectivity index (χ2n) is 6.28. The lowest BCUT2D eigenvalue weighted by Crippen LogP contribution is -2.29. The zero-order valence-corrected chi connectivity index (χ0v) is 16.3. The Balaban J connectivity index is 1.68. The van der Waals surface area contributed by atoms with Crippen LogP contribution in [-0.2, 0) is 9.53 Å². The highest BCUT2D eigenvalue weighted by atomic mass is 32.2. The van der Waals surface area contributed by atoms with Crippen molar-refractivity contribution in [2.75, 3.05) is 31.3 Å². The Morgan fingerprint density at radius 2 is 1.93 bits per heavy atom. The fourth-order valence-electron chi connectivity index (χ4n) is 2.91. The van der Waals surface area contributed by atoms with Crippen molar-refractivity contribution in [2.45, 2.75) is 17.7 Å². The average molecular weight is 399 g/mol. The molecule has 0 aliphatic carbocycles. The topological polar surface area (TPSA) is 88.6 Å². The summed E-state index contributed by atoms with van der Waals surface area (Å²) in [6.07, 6.45) is 4.92. The number of hydrogen-bond donors (Lipinski definition) is 1. The summed E-state index contributed by atoms with van der Waals surface area (Å²) < 4.78 is 4.67. The summed E-state index contributed by atoms with van der Waals surface area (Å²) in [4.78, 5) is 43.2. The first kappa shape index (κ1) is 19.9. The van der Waals surface area contributed by atoms with Gasteiger partial charge in [-0.1, -0.05) is 12.1 Å². The van der Waals surface area contributed by atoms with Crippen LogP contribution in [-0.4, -0.2) is 53.6 Å². The van der Waals surface area contributed by atoms with Crippen molar-refractivity contribution in [1.29, 1.82) is 0 Å². The lowest BCUT2D eigenvalue weighted by molar-refractivity contribution is -0.127. The van der Waals surface area contributed by atoms with Crippen LogP contribution >= 0.6 is 11.8 Å². The minimum absolute atomic E-state index is 0.0905. The Bertz CT molecular complexity index is 881. The Morgan fingerprint density at radius 1 is 1.18 bits per heavy atom. The van der Waals surface area contributed by atoms with Gasteiger partial charge in [0.05, 0.1) is 35.9 Å². The largest absolute Gasteiger partial charge is 0.465 e. The average Bonchev–Trinajstić information content (AvgIpc) is 3.27. The van der Waals surface area contributed by atoms with E-state index in [0.29, 0.717) is 17.0 Å². The molecule has 0 radical (unpaired) electrons. The van der Waals surface area contributed by atoms with E-state index in [1.807, 2.05) is 17.0 Å². The molecule has 1 aromatic carbocycles. The van der Waals surface area contributed by atoms with Crippen molar-refractivity contribution in [3.05, 3.63) is 53.9 Å². The quantitative estimate of drug-likeness (QED) is 0.594. The third kappa shape index (κ3) is 4.89. The van der Waals surface area contributed by atoms with Crippen molar-refractivity contribution in [1.82, 2.24) is 9.88 Å². The predicted molar refractivity (Wildman–Crippen MR) is 107 cm³/mol. The maximum atomic E-state index is 12.7. The molecule has 0 unspecified atom stereocenters. The normalized spacial score (nSPS) is 13.2.